The summed E-state index contributed by atoms with van der Waals surface area (Å²) in [6.45, 7) is 6.83. The number of aldehydes is 1. The van der Waals surface area contributed by atoms with Gasteiger partial charge in [0.05, 0.1) is 29.1 Å². The van der Waals surface area contributed by atoms with E-state index in [1.54, 1.807) is 10.7 Å². The Kier molecular flexibility index (Phi) is 7.18. The highest BCUT2D eigenvalue weighted by molar-refractivity contribution is 5.94. The number of hydrogen-bond acceptors (Lipinski definition) is 5. The van der Waals surface area contributed by atoms with Crippen molar-refractivity contribution in [3.05, 3.63) is 70.9 Å². The molecular weight excluding hydrogens is 402 g/mol. The molecule has 0 spiro atoms. The highest BCUT2D eigenvalue weighted by Gasteiger charge is 2.18. The van der Waals surface area contributed by atoms with Crippen LogP contribution in [0.25, 0.3) is 11.3 Å². The lowest BCUT2D eigenvalue weighted by Gasteiger charge is -2.22. The maximum atomic E-state index is 11.8. The number of aryl methyl sites for hydroxylation is 1. The molecule has 0 saturated carbocycles. The van der Waals surface area contributed by atoms with Gasteiger partial charge in [-0.25, -0.2) is 0 Å². The number of carbonyl (C=O) groups is 2. The van der Waals surface area contributed by atoms with Gasteiger partial charge in [-0.3, -0.25) is 14.3 Å². The van der Waals surface area contributed by atoms with Gasteiger partial charge in [-0.15, -0.1) is 0 Å². The van der Waals surface area contributed by atoms with Crippen molar-refractivity contribution >= 4 is 17.9 Å². The Morgan fingerprint density at radius 3 is 2.59 bits per heavy atom. The number of anilines is 1. The first-order valence-corrected chi connectivity index (χ1v) is 10.4. The summed E-state index contributed by atoms with van der Waals surface area (Å²) in [5, 5.41) is 16.5. The van der Waals surface area contributed by atoms with Gasteiger partial charge in [0, 0.05) is 25.6 Å². The van der Waals surface area contributed by atoms with Crippen molar-refractivity contribution in [2.45, 2.75) is 33.4 Å². The molecule has 0 radical (unpaired) electrons. The summed E-state index contributed by atoms with van der Waals surface area (Å²) in [6.07, 6.45) is 0.805. The van der Waals surface area contributed by atoms with Crippen LogP contribution in [-0.2, 0) is 11.3 Å². The lowest BCUT2D eigenvalue weighted by Crippen LogP contribution is -2.27. The third-order valence-electron chi connectivity index (χ3n) is 5.18. The molecule has 1 N–H and O–H groups in total. The first-order chi connectivity index (χ1) is 15.3. The van der Waals surface area contributed by atoms with Gasteiger partial charge in [0.15, 0.2) is 6.29 Å². The molecule has 0 saturated heterocycles. The van der Waals surface area contributed by atoms with Gasteiger partial charge in [0.2, 0.25) is 5.91 Å². The third-order valence-corrected chi connectivity index (χ3v) is 5.18. The molecule has 1 atom stereocenters. The van der Waals surface area contributed by atoms with Crippen LogP contribution in [0.4, 0.5) is 5.69 Å². The van der Waals surface area contributed by atoms with E-state index < -0.39 is 0 Å². The highest BCUT2D eigenvalue weighted by Crippen LogP contribution is 2.29. The van der Waals surface area contributed by atoms with Gasteiger partial charge in [0.25, 0.3) is 0 Å². The predicted octanol–water partition coefficient (Wildman–Crippen LogP) is 4.19. The van der Waals surface area contributed by atoms with Gasteiger partial charge in [-0.1, -0.05) is 24.3 Å². The Balaban J connectivity index is 1.81. The summed E-state index contributed by atoms with van der Waals surface area (Å²) in [7, 11) is 2.01. The van der Waals surface area contributed by atoms with Crippen LogP contribution in [0, 0.1) is 18.3 Å². The van der Waals surface area contributed by atoms with Gasteiger partial charge >= 0.3 is 0 Å². The lowest BCUT2D eigenvalue weighted by molar-refractivity contribution is -0.114. The summed E-state index contributed by atoms with van der Waals surface area (Å²) < 4.78 is 1.73. The quantitative estimate of drug-likeness (QED) is 0.542. The first kappa shape index (κ1) is 22.9. The monoisotopic (exact) mass is 429 g/mol. The zero-order valence-electron chi connectivity index (χ0n) is 18.8. The fraction of sp³-hybridized carbons (Fsp3) is 0.280. The number of amides is 1. The zero-order chi connectivity index (χ0) is 23.3. The van der Waals surface area contributed by atoms with E-state index in [1.165, 1.54) is 6.92 Å². The van der Waals surface area contributed by atoms with E-state index >= 15 is 0 Å². The number of nitrogens with zero attached hydrogens (tertiary/aromatic N) is 4. The number of rotatable bonds is 8. The molecule has 0 aliphatic carbocycles. The first-order valence-electron chi connectivity index (χ1n) is 10.4. The van der Waals surface area contributed by atoms with E-state index in [-0.39, 0.29) is 11.9 Å². The number of benzene rings is 2. The van der Waals surface area contributed by atoms with E-state index in [2.05, 4.69) is 16.3 Å². The summed E-state index contributed by atoms with van der Waals surface area (Å²) in [6, 6.07) is 17.1. The second kappa shape index (κ2) is 10.0. The third kappa shape index (κ3) is 5.48. The summed E-state index contributed by atoms with van der Waals surface area (Å²) in [5.41, 5.74) is 5.32. The molecule has 164 valence electrons. The fourth-order valence-electron chi connectivity index (χ4n) is 3.75. The summed E-state index contributed by atoms with van der Waals surface area (Å²) in [4.78, 5) is 25.5. The molecule has 1 aromatic heterocycles. The molecule has 3 rings (SSSR count). The normalized spacial score (nSPS) is 11.8. The number of carbonyl (C=O) groups excluding carboxylic acids is 2. The zero-order valence-corrected chi connectivity index (χ0v) is 18.8. The van der Waals surface area contributed by atoms with Gasteiger partial charge in [-0.2, -0.15) is 10.4 Å². The van der Waals surface area contributed by atoms with Crippen molar-refractivity contribution in [2.75, 3.05) is 18.9 Å². The molecule has 1 amide bonds. The minimum absolute atomic E-state index is 0.0537. The van der Waals surface area contributed by atoms with Gasteiger partial charge < -0.3 is 10.2 Å². The lowest BCUT2D eigenvalue weighted by atomic mass is 10.1. The van der Waals surface area contributed by atoms with Gasteiger partial charge in [0.1, 0.15) is 5.69 Å². The smallest absolute Gasteiger partial charge is 0.221 e. The van der Waals surface area contributed by atoms with Crippen molar-refractivity contribution in [3.8, 4) is 17.3 Å². The minimum atomic E-state index is -0.162. The predicted molar refractivity (Wildman–Crippen MR) is 124 cm³/mol. The van der Waals surface area contributed by atoms with Crippen molar-refractivity contribution < 1.29 is 9.59 Å². The minimum Gasteiger partial charge on any atom is -0.326 e. The number of nitriles is 1. The molecule has 0 aliphatic heterocycles. The molecule has 3 aromatic rings. The van der Waals surface area contributed by atoms with E-state index in [1.807, 2.05) is 63.4 Å². The Bertz CT molecular complexity index is 1160. The van der Waals surface area contributed by atoms with Crippen molar-refractivity contribution in [1.29, 1.82) is 5.26 Å². The Morgan fingerprint density at radius 2 is 1.97 bits per heavy atom. The molecule has 1 heterocycles. The molecule has 7 heteroatoms. The number of likely N-dealkylation sites (N-methyl/N-ethyl adjacent to an activating group) is 1. The number of hydrogen-bond donors (Lipinski definition) is 1. The summed E-state index contributed by atoms with van der Waals surface area (Å²) in [5.74, 6) is -0.162. The SMILES string of the molecule is CC(=O)Nc1cc(C)ccc1-c1cc(C=O)n(C(C)CN(C)Cc2ccc(C#N)cc2)n1. The van der Waals surface area contributed by atoms with Crippen LogP contribution >= 0.6 is 0 Å². The summed E-state index contributed by atoms with van der Waals surface area (Å²) >= 11 is 0. The van der Waals surface area contributed by atoms with E-state index in [9.17, 15) is 9.59 Å². The van der Waals surface area contributed by atoms with Crippen LogP contribution in [0.5, 0.6) is 0 Å². The largest absolute Gasteiger partial charge is 0.326 e. The van der Waals surface area contributed by atoms with Crippen LogP contribution in [0.2, 0.25) is 0 Å². The van der Waals surface area contributed by atoms with Crippen molar-refractivity contribution in [3.63, 3.8) is 0 Å². The van der Waals surface area contributed by atoms with Crippen LogP contribution < -0.4 is 5.32 Å². The Morgan fingerprint density at radius 1 is 1.25 bits per heavy atom. The average Bonchev–Trinajstić information content (AvgIpc) is 3.18. The Hall–Kier alpha value is -3.76. The average molecular weight is 430 g/mol. The second-order valence-electron chi connectivity index (χ2n) is 8.10. The molecular formula is C25H27N5O2. The molecule has 1 unspecified atom stereocenters. The molecule has 32 heavy (non-hydrogen) atoms. The van der Waals surface area contributed by atoms with E-state index in [0.717, 1.165) is 23.0 Å². The molecule has 0 aliphatic rings. The molecule has 0 fully saturated rings. The van der Waals surface area contributed by atoms with Gasteiger partial charge in [-0.05, 0) is 56.3 Å². The van der Waals surface area contributed by atoms with E-state index in [4.69, 9.17) is 10.4 Å². The van der Waals surface area contributed by atoms with Crippen LogP contribution in [0.15, 0.2) is 48.5 Å². The van der Waals surface area contributed by atoms with Crippen LogP contribution in [0.3, 0.4) is 0 Å². The van der Waals surface area contributed by atoms with E-state index in [0.29, 0.717) is 35.7 Å². The molecule has 0 bridgehead atoms. The fourth-order valence-corrected chi connectivity index (χ4v) is 3.75. The van der Waals surface area contributed by atoms with Crippen molar-refractivity contribution in [1.82, 2.24) is 14.7 Å². The molecule has 7 nitrogen and oxygen atoms in total. The number of nitrogens with one attached hydrogen (secondary N) is 1. The van der Waals surface area contributed by atoms with Crippen LogP contribution in [0.1, 0.15) is 47.1 Å². The maximum Gasteiger partial charge on any atom is 0.221 e. The standard InChI is InChI=1S/C25H27N5O2/c1-17-5-10-23(24(11-17)27-19(3)32)25-12-22(16-31)30(28-25)18(2)14-29(4)15-21-8-6-20(13-26)7-9-21/h5-12,16,18H,14-15H2,1-4H3,(H,27,32). The highest BCUT2D eigenvalue weighted by atomic mass is 16.1. The maximum absolute atomic E-state index is 11.8. The molecule has 2 aromatic carbocycles. The van der Waals surface area contributed by atoms with Crippen LogP contribution in [-0.4, -0.2) is 40.5 Å². The second-order valence-corrected chi connectivity index (χ2v) is 8.10. The van der Waals surface area contributed by atoms with Crippen molar-refractivity contribution in [2.24, 2.45) is 0 Å². The number of aromatic nitrogens is 2. The Labute approximate surface area is 188 Å². The topological polar surface area (TPSA) is 91.0 Å².